The molecule has 0 N–H and O–H groups in total. The number of benzene rings is 1. The Kier molecular flexibility index (Phi) is 8.31. The van der Waals surface area contributed by atoms with Crippen molar-refractivity contribution in [3.8, 4) is 0 Å². The van der Waals surface area contributed by atoms with E-state index < -0.39 is 0 Å². The number of carbonyl (C=O) groups is 2. The van der Waals surface area contributed by atoms with E-state index in [9.17, 15) is 9.59 Å². The van der Waals surface area contributed by atoms with Gasteiger partial charge < -0.3 is 4.90 Å². The van der Waals surface area contributed by atoms with E-state index in [1.807, 2.05) is 69.9 Å². The van der Waals surface area contributed by atoms with Crippen LogP contribution in [0.5, 0.6) is 0 Å². The molecular formula is C19H25N3O2S3. The van der Waals surface area contributed by atoms with Gasteiger partial charge in [-0.05, 0) is 34.6 Å². The van der Waals surface area contributed by atoms with Crippen molar-refractivity contribution < 1.29 is 9.59 Å². The summed E-state index contributed by atoms with van der Waals surface area (Å²) in [5.74, 6) is 0.499. The molecule has 0 fully saturated rings. The number of amides is 1. The molecule has 2 rings (SSSR count). The van der Waals surface area contributed by atoms with Crippen LogP contribution in [0.4, 0.5) is 0 Å². The second-order valence-electron chi connectivity index (χ2n) is 6.60. The molecule has 0 aliphatic heterocycles. The molecule has 0 aliphatic carbocycles. The number of ketones is 1. The first kappa shape index (κ1) is 21.9. The maximum atomic E-state index is 12.7. The molecule has 1 aromatic heterocycles. The van der Waals surface area contributed by atoms with Crippen molar-refractivity contribution in [2.45, 2.75) is 60.6 Å². The van der Waals surface area contributed by atoms with Gasteiger partial charge in [0, 0.05) is 17.6 Å². The van der Waals surface area contributed by atoms with Crippen molar-refractivity contribution in [1.29, 1.82) is 0 Å². The van der Waals surface area contributed by atoms with Crippen molar-refractivity contribution in [1.82, 2.24) is 15.1 Å². The smallest absolute Gasteiger partial charge is 0.236 e. The van der Waals surface area contributed by atoms with Gasteiger partial charge in [0.25, 0.3) is 0 Å². The summed E-state index contributed by atoms with van der Waals surface area (Å²) >= 11 is 4.23. The Balaban J connectivity index is 1.91. The SMILES string of the molecule is CC(C)N(C(=O)[C@@H](C)Sc1nnc(SCC(=O)c2ccccc2)s1)C(C)C. The molecule has 0 spiro atoms. The van der Waals surface area contributed by atoms with Gasteiger partial charge in [-0.15, -0.1) is 10.2 Å². The summed E-state index contributed by atoms with van der Waals surface area (Å²) in [4.78, 5) is 26.8. The zero-order valence-electron chi connectivity index (χ0n) is 16.2. The number of hydrogen-bond acceptors (Lipinski definition) is 7. The molecule has 0 bridgehead atoms. The second-order valence-corrected chi connectivity index (χ2v) is 10.4. The number of carbonyl (C=O) groups excluding carboxylic acids is 2. The van der Waals surface area contributed by atoms with Crippen LogP contribution in [0.3, 0.4) is 0 Å². The average molecular weight is 424 g/mol. The third-order valence-corrected chi connectivity index (χ3v) is 7.03. The maximum Gasteiger partial charge on any atom is 0.236 e. The van der Waals surface area contributed by atoms with Gasteiger partial charge in [0.15, 0.2) is 14.5 Å². The minimum absolute atomic E-state index is 0.0676. The first-order chi connectivity index (χ1) is 12.8. The Hall–Kier alpha value is -1.38. The maximum absolute atomic E-state index is 12.7. The second kappa shape index (κ2) is 10.2. The fourth-order valence-electron chi connectivity index (χ4n) is 2.65. The zero-order chi connectivity index (χ0) is 20.0. The lowest BCUT2D eigenvalue weighted by atomic mass is 10.2. The largest absolute Gasteiger partial charge is 0.337 e. The molecule has 1 amide bonds. The molecular weight excluding hydrogens is 398 g/mol. The molecule has 0 saturated heterocycles. The number of thioether (sulfide) groups is 2. The topological polar surface area (TPSA) is 63.2 Å². The number of Topliss-reactive ketones (excluding diaryl/α,β-unsaturated/α-hetero) is 1. The molecule has 5 nitrogen and oxygen atoms in total. The van der Waals surface area contributed by atoms with E-state index in [1.54, 1.807) is 0 Å². The van der Waals surface area contributed by atoms with Crippen LogP contribution in [-0.4, -0.2) is 49.9 Å². The minimum Gasteiger partial charge on any atom is -0.337 e. The fraction of sp³-hybridized carbons (Fsp3) is 0.474. The van der Waals surface area contributed by atoms with E-state index in [-0.39, 0.29) is 29.0 Å². The van der Waals surface area contributed by atoms with Crippen molar-refractivity contribution in [2.75, 3.05) is 5.75 Å². The first-order valence-electron chi connectivity index (χ1n) is 8.83. The summed E-state index contributed by atoms with van der Waals surface area (Å²) in [6.07, 6.45) is 0. The van der Waals surface area contributed by atoms with Crippen molar-refractivity contribution in [2.24, 2.45) is 0 Å². The lowest BCUT2D eigenvalue weighted by Crippen LogP contribution is -2.45. The number of nitrogens with zero attached hydrogens (tertiary/aromatic N) is 3. The Bertz CT molecular complexity index is 755. The van der Waals surface area contributed by atoms with Gasteiger partial charge in [0.2, 0.25) is 5.91 Å². The van der Waals surface area contributed by atoms with Gasteiger partial charge in [-0.2, -0.15) is 0 Å². The predicted molar refractivity (Wildman–Crippen MR) is 114 cm³/mol. The molecule has 0 radical (unpaired) electrons. The summed E-state index contributed by atoms with van der Waals surface area (Å²) in [5.41, 5.74) is 0.700. The Morgan fingerprint density at radius 2 is 1.59 bits per heavy atom. The van der Waals surface area contributed by atoms with Gasteiger partial charge in [-0.1, -0.05) is 65.2 Å². The molecule has 1 heterocycles. The molecule has 27 heavy (non-hydrogen) atoms. The highest BCUT2D eigenvalue weighted by atomic mass is 32.2. The fourth-order valence-corrected chi connectivity index (χ4v) is 5.77. The lowest BCUT2D eigenvalue weighted by Gasteiger charge is -2.32. The van der Waals surface area contributed by atoms with Gasteiger partial charge in [0.1, 0.15) is 0 Å². The van der Waals surface area contributed by atoms with Crippen LogP contribution < -0.4 is 0 Å². The Morgan fingerprint density at radius 3 is 2.19 bits per heavy atom. The van der Waals surface area contributed by atoms with E-state index in [4.69, 9.17) is 0 Å². The molecule has 2 aromatic rings. The summed E-state index contributed by atoms with van der Waals surface area (Å²) in [6.45, 7) is 10.0. The minimum atomic E-state index is -0.230. The predicted octanol–water partition coefficient (Wildman–Crippen LogP) is 4.64. The van der Waals surface area contributed by atoms with E-state index in [0.29, 0.717) is 11.3 Å². The average Bonchev–Trinajstić information content (AvgIpc) is 3.07. The molecule has 1 aromatic carbocycles. The highest BCUT2D eigenvalue weighted by molar-refractivity contribution is 8.04. The summed E-state index contributed by atoms with van der Waals surface area (Å²) < 4.78 is 1.49. The molecule has 0 aliphatic rings. The van der Waals surface area contributed by atoms with Crippen LogP contribution in [0.2, 0.25) is 0 Å². The van der Waals surface area contributed by atoms with E-state index in [1.165, 1.54) is 34.9 Å². The third-order valence-electron chi connectivity index (χ3n) is 3.80. The van der Waals surface area contributed by atoms with Crippen LogP contribution in [0.1, 0.15) is 45.0 Å². The zero-order valence-corrected chi connectivity index (χ0v) is 18.7. The standard InChI is InChI=1S/C19H25N3O2S3/c1-12(2)22(13(3)4)17(24)14(5)26-19-21-20-18(27-19)25-11-16(23)15-9-7-6-8-10-15/h6-10,12-14H,11H2,1-5H3/t14-/m1/s1. The monoisotopic (exact) mass is 423 g/mol. The van der Waals surface area contributed by atoms with Crippen LogP contribution in [0.15, 0.2) is 39.0 Å². The van der Waals surface area contributed by atoms with Crippen molar-refractivity contribution in [3.63, 3.8) is 0 Å². The summed E-state index contributed by atoms with van der Waals surface area (Å²) in [5, 5.41) is 8.08. The van der Waals surface area contributed by atoms with Crippen LogP contribution in [-0.2, 0) is 4.79 Å². The van der Waals surface area contributed by atoms with Gasteiger partial charge in [-0.3, -0.25) is 9.59 Å². The molecule has 1 atom stereocenters. The highest BCUT2D eigenvalue weighted by Gasteiger charge is 2.26. The van der Waals surface area contributed by atoms with E-state index in [2.05, 4.69) is 10.2 Å². The molecule has 0 unspecified atom stereocenters. The van der Waals surface area contributed by atoms with Crippen LogP contribution in [0.25, 0.3) is 0 Å². The Morgan fingerprint density at radius 1 is 1.00 bits per heavy atom. The number of aromatic nitrogens is 2. The number of hydrogen-bond donors (Lipinski definition) is 0. The first-order valence-corrected chi connectivity index (χ1v) is 11.5. The number of rotatable bonds is 9. The van der Waals surface area contributed by atoms with Gasteiger partial charge >= 0.3 is 0 Å². The van der Waals surface area contributed by atoms with Crippen molar-refractivity contribution >= 4 is 46.6 Å². The van der Waals surface area contributed by atoms with Crippen LogP contribution in [0, 0.1) is 0 Å². The molecule has 8 heteroatoms. The van der Waals surface area contributed by atoms with Crippen molar-refractivity contribution in [3.05, 3.63) is 35.9 Å². The highest BCUT2D eigenvalue weighted by Crippen LogP contribution is 2.32. The quantitative estimate of drug-likeness (QED) is 0.432. The molecule has 0 saturated carbocycles. The molecule has 146 valence electrons. The Labute approximate surface area is 173 Å². The summed E-state index contributed by atoms with van der Waals surface area (Å²) in [6, 6.07) is 9.54. The summed E-state index contributed by atoms with van der Waals surface area (Å²) in [7, 11) is 0. The lowest BCUT2D eigenvalue weighted by molar-refractivity contribution is -0.133. The van der Waals surface area contributed by atoms with E-state index in [0.717, 1.165) is 8.68 Å². The van der Waals surface area contributed by atoms with E-state index >= 15 is 0 Å². The normalized spacial score (nSPS) is 12.4. The van der Waals surface area contributed by atoms with Crippen LogP contribution >= 0.6 is 34.9 Å². The third kappa shape index (κ3) is 6.33. The van der Waals surface area contributed by atoms with Gasteiger partial charge in [0.05, 0.1) is 11.0 Å². The van der Waals surface area contributed by atoms with Gasteiger partial charge in [-0.25, -0.2) is 0 Å².